The van der Waals surface area contributed by atoms with E-state index in [1.165, 1.54) is 0 Å². The molecule has 0 aliphatic carbocycles. The number of rotatable bonds is 3. The Morgan fingerprint density at radius 1 is 1.50 bits per heavy atom. The van der Waals surface area contributed by atoms with Gasteiger partial charge < -0.3 is 11.1 Å². The van der Waals surface area contributed by atoms with Gasteiger partial charge in [-0.05, 0) is 6.42 Å². The van der Waals surface area contributed by atoms with Crippen molar-refractivity contribution in [3.05, 3.63) is 16.4 Å². The van der Waals surface area contributed by atoms with Crippen molar-refractivity contribution in [2.45, 2.75) is 12.5 Å². The molecule has 18 heavy (non-hydrogen) atoms. The SMILES string of the molecule is Nc1ncnc(N[C@H]2CCS(=O)(=O)C2)c1[N+](=O)[O-]. The lowest BCUT2D eigenvalue weighted by Crippen LogP contribution is -2.22. The third-order valence-corrected chi connectivity index (χ3v) is 4.37. The van der Waals surface area contributed by atoms with Crippen LogP contribution in [0.2, 0.25) is 0 Å². The van der Waals surface area contributed by atoms with Crippen molar-refractivity contribution in [1.82, 2.24) is 9.97 Å². The van der Waals surface area contributed by atoms with E-state index < -0.39 is 20.4 Å². The predicted octanol–water partition coefficient (Wildman–Crippen LogP) is -0.434. The van der Waals surface area contributed by atoms with Gasteiger partial charge in [0.05, 0.1) is 16.4 Å². The number of nitrogens with one attached hydrogen (secondary N) is 1. The van der Waals surface area contributed by atoms with Crippen molar-refractivity contribution in [2.24, 2.45) is 0 Å². The Morgan fingerprint density at radius 3 is 2.78 bits per heavy atom. The van der Waals surface area contributed by atoms with Crippen LogP contribution in [0.25, 0.3) is 0 Å². The van der Waals surface area contributed by atoms with Gasteiger partial charge in [0, 0.05) is 6.04 Å². The fraction of sp³-hybridized carbons (Fsp3) is 0.500. The monoisotopic (exact) mass is 273 g/mol. The molecule has 1 fully saturated rings. The quantitative estimate of drug-likeness (QED) is 0.558. The summed E-state index contributed by atoms with van der Waals surface area (Å²) in [4.78, 5) is 17.4. The zero-order chi connectivity index (χ0) is 13.3. The van der Waals surface area contributed by atoms with Crippen LogP contribution in [0.4, 0.5) is 17.3 Å². The molecule has 0 unspecified atom stereocenters. The number of aromatic nitrogens is 2. The molecule has 1 saturated heterocycles. The normalized spacial score (nSPS) is 21.7. The van der Waals surface area contributed by atoms with Gasteiger partial charge >= 0.3 is 5.69 Å². The van der Waals surface area contributed by atoms with Gasteiger partial charge in [-0.1, -0.05) is 0 Å². The lowest BCUT2D eigenvalue weighted by molar-refractivity contribution is -0.383. The van der Waals surface area contributed by atoms with Gasteiger partial charge in [-0.25, -0.2) is 18.4 Å². The smallest absolute Gasteiger partial charge is 0.352 e. The number of hydrogen-bond acceptors (Lipinski definition) is 8. The van der Waals surface area contributed by atoms with Crippen LogP contribution in [0.15, 0.2) is 6.33 Å². The first-order valence-corrected chi connectivity index (χ1v) is 6.93. The molecular weight excluding hydrogens is 262 g/mol. The molecule has 3 N–H and O–H groups in total. The van der Waals surface area contributed by atoms with Crippen LogP contribution >= 0.6 is 0 Å². The Bertz CT molecular complexity index is 587. The topological polar surface area (TPSA) is 141 Å². The maximum absolute atomic E-state index is 11.3. The first-order valence-electron chi connectivity index (χ1n) is 5.11. The molecule has 0 radical (unpaired) electrons. The van der Waals surface area contributed by atoms with Crippen molar-refractivity contribution in [1.29, 1.82) is 0 Å². The summed E-state index contributed by atoms with van der Waals surface area (Å²) in [6.45, 7) is 0. The maximum Gasteiger partial charge on any atom is 0.352 e. The number of sulfone groups is 1. The third-order valence-electron chi connectivity index (χ3n) is 2.61. The zero-order valence-corrected chi connectivity index (χ0v) is 10.1. The fourth-order valence-corrected chi connectivity index (χ4v) is 3.45. The summed E-state index contributed by atoms with van der Waals surface area (Å²) in [5.41, 5.74) is 4.97. The molecule has 0 aromatic carbocycles. The molecule has 0 amide bonds. The summed E-state index contributed by atoms with van der Waals surface area (Å²) in [5.74, 6) is -0.291. The molecule has 0 spiro atoms. The molecule has 10 heteroatoms. The van der Waals surface area contributed by atoms with Crippen molar-refractivity contribution in [3.8, 4) is 0 Å². The molecule has 0 bridgehead atoms. The molecule has 2 heterocycles. The van der Waals surface area contributed by atoms with E-state index in [9.17, 15) is 18.5 Å². The summed E-state index contributed by atoms with van der Waals surface area (Å²) >= 11 is 0. The molecule has 1 aromatic rings. The molecule has 1 atom stereocenters. The Labute approximate surface area is 102 Å². The van der Waals surface area contributed by atoms with Crippen LogP contribution in [0.1, 0.15) is 6.42 Å². The highest BCUT2D eigenvalue weighted by atomic mass is 32.2. The van der Waals surface area contributed by atoms with E-state index in [1.54, 1.807) is 0 Å². The van der Waals surface area contributed by atoms with Gasteiger partial charge in [0.15, 0.2) is 9.84 Å². The molecule has 1 aliphatic heterocycles. The van der Waals surface area contributed by atoms with Gasteiger partial charge in [0.25, 0.3) is 0 Å². The molecule has 9 nitrogen and oxygen atoms in total. The van der Waals surface area contributed by atoms with Crippen LogP contribution in [0.5, 0.6) is 0 Å². The number of nitrogen functional groups attached to an aromatic ring is 1. The number of anilines is 2. The second-order valence-corrected chi connectivity index (χ2v) is 6.19. The minimum atomic E-state index is -3.07. The average molecular weight is 273 g/mol. The van der Waals surface area contributed by atoms with Crippen LogP contribution in [-0.4, -0.2) is 40.9 Å². The highest BCUT2D eigenvalue weighted by molar-refractivity contribution is 7.91. The Hall–Kier alpha value is -1.97. The van der Waals surface area contributed by atoms with Crippen LogP contribution in [0.3, 0.4) is 0 Å². The van der Waals surface area contributed by atoms with Crippen molar-refractivity contribution in [2.75, 3.05) is 22.6 Å². The molecular formula is C8H11N5O4S. The first-order chi connectivity index (χ1) is 8.39. The summed E-state index contributed by atoms with van der Waals surface area (Å²) in [5, 5.41) is 13.6. The van der Waals surface area contributed by atoms with E-state index in [-0.39, 0.29) is 29.2 Å². The van der Waals surface area contributed by atoms with Gasteiger partial charge in [-0.3, -0.25) is 10.1 Å². The van der Waals surface area contributed by atoms with E-state index in [1.807, 2.05) is 0 Å². The zero-order valence-electron chi connectivity index (χ0n) is 9.24. The number of nitro groups is 1. The van der Waals surface area contributed by atoms with Crippen molar-refractivity contribution < 1.29 is 13.3 Å². The summed E-state index contributed by atoms with van der Waals surface area (Å²) in [6.07, 6.45) is 1.48. The van der Waals surface area contributed by atoms with Crippen LogP contribution in [0, 0.1) is 10.1 Å². The van der Waals surface area contributed by atoms with Gasteiger partial charge in [-0.2, -0.15) is 0 Å². The number of nitrogens with two attached hydrogens (primary N) is 1. The van der Waals surface area contributed by atoms with Crippen molar-refractivity contribution in [3.63, 3.8) is 0 Å². The van der Waals surface area contributed by atoms with E-state index in [0.29, 0.717) is 6.42 Å². The molecule has 98 valence electrons. The number of nitrogens with zero attached hydrogens (tertiary/aromatic N) is 3. The van der Waals surface area contributed by atoms with E-state index in [4.69, 9.17) is 5.73 Å². The van der Waals surface area contributed by atoms with Gasteiger partial charge in [0.2, 0.25) is 11.6 Å². The van der Waals surface area contributed by atoms with E-state index >= 15 is 0 Å². The molecule has 1 aromatic heterocycles. The largest absolute Gasteiger partial charge is 0.378 e. The molecule has 0 saturated carbocycles. The Morgan fingerprint density at radius 2 is 2.22 bits per heavy atom. The second kappa shape index (κ2) is 4.37. The molecule has 1 aliphatic rings. The lowest BCUT2D eigenvalue weighted by atomic mass is 10.2. The van der Waals surface area contributed by atoms with Gasteiger partial charge in [-0.15, -0.1) is 0 Å². The Kier molecular flexibility index (Phi) is 3.03. The van der Waals surface area contributed by atoms with Crippen LogP contribution in [-0.2, 0) is 9.84 Å². The third kappa shape index (κ3) is 2.47. The minimum Gasteiger partial charge on any atom is -0.378 e. The Balaban J connectivity index is 2.25. The van der Waals surface area contributed by atoms with E-state index in [0.717, 1.165) is 6.33 Å². The summed E-state index contributed by atoms with van der Waals surface area (Å²) in [7, 11) is -3.07. The van der Waals surface area contributed by atoms with Gasteiger partial charge in [0.1, 0.15) is 6.33 Å². The predicted molar refractivity (Wildman–Crippen MR) is 63.8 cm³/mol. The summed E-state index contributed by atoms with van der Waals surface area (Å²) < 4.78 is 22.6. The standard InChI is InChI=1S/C8H11N5O4S/c9-7-6(13(14)15)8(11-4-10-7)12-5-1-2-18(16,17)3-5/h4-5H,1-3H2,(H3,9,10,11,12)/t5-/m0/s1. The highest BCUT2D eigenvalue weighted by Gasteiger charge is 2.30. The summed E-state index contributed by atoms with van der Waals surface area (Å²) in [6, 6.07) is -0.386. The minimum absolute atomic E-state index is 0.0467. The fourth-order valence-electron chi connectivity index (χ4n) is 1.78. The molecule has 2 rings (SSSR count). The average Bonchev–Trinajstić information content (AvgIpc) is 2.57. The van der Waals surface area contributed by atoms with E-state index in [2.05, 4.69) is 15.3 Å². The second-order valence-electron chi connectivity index (χ2n) is 3.96. The maximum atomic E-state index is 11.3. The highest BCUT2D eigenvalue weighted by Crippen LogP contribution is 2.28. The van der Waals surface area contributed by atoms with Crippen molar-refractivity contribution >= 4 is 27.2 Å². The first kappa shape index (κ1) is 12.5. The van der Waals surface area contributed by atoms with Crippen LogP contribution < -0.4 is 11.1 Å². The number of hydrogen-bond donors (Lipinski definition) is 2. The lowest BCUT2D eigenvalue weighted by Gasteiger charge is -2.11.